The first-order chi connectivity index (χ1) is 10.8. The topological polar surface area (TPSA) is 0 Å². The van der Waals surface area contributed by atoms with E-state index in [1.165, 1.54) is 43.2 Å². The van der Waals surface area contributed by atoms with Gasteiger partial charge < -0.3 is 0 Å². The first-order valence-corrected chi connectivity index (χ1v) is 8.70. The molecule has 2 aromatic carbocycles. The summed E-state index contributed by atoms with van der Waals surface area (Å²) in [5.74, 6) is 1.31. The predicted octanol–water partition coefficient (Wildman–Crippen LogP) is 6.75. The molecule has 2 unspecified atom stereocenters. The molecule has 0 aromatic heterocycles. The van der Waals surface area contributed by atoms with E-state index in [1.54, 1.807) is 0 Å². The van der Waals surface area contributed by atoms with Crippen molar-refractivity contribution < 1.29 is 0 Å². The molecule has 0 aliphatic rings. The number of hydrogen-bond donors (Lipinski definition) is 0. The van der Waals surface area contributed by atoms with Crippen LogP contribution in [0.4, 0.5) is 0 Å². The monoisotopic (exact) mass is 293 g/mol. The van der Waals surface area contributed by atoms with Crippen molar-refractivity contribution in [3.8, 4) is 0 Å². The van der Waals surface area contributed by atoms with Crippen molar-refractivity contribution in [2.75, 3.05) is 0 Å². The fourth-order valence-corrected chi connectivity index (χ4v) is 3.17. The first kappa shape index (κ1) is 16.8. The van der Waals surface area contributed by atoms with Gasteiger partial charge in [0, 0.05) is 0 Å². The van der Waals surface area contributed by atoms with Crippen LogP contribution in [0.15, 0.2) is 60.7 Å². The summed E-state index contributed by atoms with van der Waals surface area (Å²) in [5.41, 5.74) is 2.93. The Morgan fingerprint density at radius 2 is 1.27 bits per heavy atom. The highest BCUT2D eigenvalue weighted by molar-refractivity contribution is 5.20. The van der Waals surface area contributed by atoms with E-state index in [2.05, 4.69) is 74.5 Å². The maximum atomic E-state index is 4.13. The summed E-state index contributed by atoms with van der Waals surface area (Å²) < 4.78 is 0. The molecule has 22 heavy (non-hydrogen) atoms. The molecule has 0 fully saturated rings. The maximum Gasteiger partial charge on any atom is -0.0162 e. The SMILES string of the molecule is [CH2]CC(CCCCCC(C)c1ccccc1)c1ccccc1. The van der Waals surface area contributed by atoms with E-state index in [1.807, 2.05) is 0 Å². The number of hydrogen-bond acceptors (Lipinski definition) is 0. The van der Waals surface area contributed by atoms with Crippen LogP contribution in [0.5, 0.6) is 0 Å². The second-order valence-electron chi connectivity index (χ2n) is 6.35. The van der Waals surface area contributed by atoms with Gasteiger partial charge in [-0.3, -0.25) is 0 Å². The number of benzene rings is 2. The summed E-state index contributed by atoms with van der Waals surface area (Å²) in [4.78, 5) is 0. The molecule has 2 atom stereocenters. The molecule has 2 rings (SSSR count). The third kappa shape index (κ3) is 5.33. The molecule has 117 valence electrons. The van der Waals surface area contributed by atoms with E-state index in [9.17, 15) is 0 Å². The second kappa shape index (κ2) is 9.46. The normalized spacial score (nSPS) is 13.7. The van der Waals surface area contributed by atoms with Gasteiger partial charge in [-0.25, -0.2) is 0 Å². The maximum absolute atomic E-state index is 4.13. The van der Waals surface area contributed by atoms with Gasteiger partial charge in [0.1, 0.15) is 0 Å². The van der Waals surface area contributed by atoms with Gasteiger partial charge in [0.2, 0.25) is 0 Å². The van der Waals surface area contributed by atoms with Crippen molar-refractivity contribution in [1.82, 2.24) is 0 Å². The molecular weight excluding hydrogens is 264 g/mol. The van der Waals surface area contributed by atoms with Gasteiger partial charge in [0.05, 0.1) is 0 Å². The van der Waals surface area contributed by atoms with Crippen LogP contribution in [0, 0.1) is 6.92 Å². The second-order valence-corrected chi connectivity index (χ2v) is 6.35. The van der Waals surface area contributed by atoms with E-state index in [0.29, 0.717) is 11.8 Å². The predicted molar refractivity (Wildman–Crippen MR) is 97.1 cm³/mol. The van der Waals surface area contributed by atoms with Crippen LogP contribution in [0.3, 0.4) is 0 Å². The van der Waals surface area contributed by atoms with E-state index >= 15 is 0 Å². The van der Waals surface area contributed by atoms with Crippen LogP contribution in [0.2, 0.25) is 0 Å². The molecule has 0 aliphatic heterocycles. The Hall–Kier alpha value is -1.56. The van der Waals surface area contributed by atoms with Crippen LogP contribution < -0.4 is 0 Å². The molecule has 0 N–H and O–H groups in total. The quantitative estimate of drug-likeness (QED) is 0.449. The molecule has 0 bridgehead atoms. The van der Waals surface area contributed by atoms with Crippen LogP contribution in [0.1, 0.15) is 68.4 Å². The molecule has 1 radical (unpaired) electrons. The Bertz CT molecular complexity index is 500. The summed E-state index contributed by atoms with van der Waals surface area (Å²) in [6, 6.07) is 21.7. The van der Waals surface area contributed by atoms with E-state index < -0.39 is 0 Å². The summed E-state index contributed by atoms with van der Waals surface area (Å²) >= 11 is 0. The Morgan fingerprint density at radius 1 is 0.727 bits per heavy atom. The Balaban J connectivity index is 1.66. The van der Waals surface area contributed by atoms with Crippen molar-refractivity contribution in [3.63, 3.8) is 0 Å². The van der Waals surface area contributed by atoms with Crippen molar-refractivity contribution in [1.29, 1.82) is 0 Å². The molecular formula is C22H29. The van der Waals surface area contributed by atoms with E-state index in [4.69, 9.17) is 0 Å². The number of unbranched alkanes of at least 4 members (excludes halogenated alkanes) is 2. The van der Waals surface area contributed by atoms with Gasteiger partial charge in [0.15, 0.2) is 0 Å². The van der Waals surface area contributed by atoms with Gasteiger partial charge in [-0.2, -0.15) is 0 Å². The van der Waals surface area contributed by atoms with E-state index in [0.717, 1.165) is 6.42 Å². The highest BCUT2D eigenvalue weighted by Gasteiger charge is 2.09. The smallest absolute Gasteiger partial charge is 0.0162 e. The Kier molecular flexibility index (Phi) is 7.22. The Labute approximate surface area is 136 Å². The van der Waals surface area contributed by atoms with Crippen LogP contribution in [-0.4, -0.2) is 0 Å². The standard InChI is InChI=1S/C22H29/c1-3-20(22-17-11-6-12-18-22)14-8-4-7-13-19(2)21-15-9-5-10-16-21/h5-6,9-12,15-20H,1,3-4,7-8,13-14H2,2H3. The summed E-state index contributed by atoms with van der Waals surface area (Å²) in [7, 11) is 0. The minimum Gasteiger partial charge on any atom is -0.0622 e. The van der Waals surface area contributed by atoms with Crippen molar-refractivity contribution in [2.45, 2.75) is 57.3 Å². The molecule has 2 aromatic rings. The fourth-order valence-electron chi connectivity index (χ4n) is 3.17. The zero-order valence-corrected chi connectivity index (χ0v) is 13.9. The van der Waals surface area contributed by atoms with Crippen molar-refractivity contribution in [2.24, 2.45) is 0 Å². The van der Waals surface area contributed by atoms with Crippen LogP contribution >= 0.6 is 0 Å². The highest BCUT2D eigenvalue weighted by Crippen LogP contribution is 2.27. The van der Waals surface area contributed by atoms with Crippen molar-refractivity contribution in [3.05, 3.63) is 78.7 Å². The molecule has 0 nitrogen and oxygen atoms in total. The lowest BCUT2D eigenvalue weighted by Gasteiger charge is -2.16. The molecule has 0 heteroatoms. The molecule has 0 heterocycles. The molecule has 0 saturated heterocycles. The molecule has 0 spiro atoms. The zero-order valence-electron chi connectivity index (χ0n) is 13.9. The lowest BCUT2D eigenvalue weighted by molar-refractivity contribution is 0.530. The molecule has 0 aliphatic carbocycles. The summed E-state index contributed by atoms with van der Waals surface area (Å²) in [6.07, 6.45) is 7.55. The molecule has 0 saturated carbocycles. The number of rotatable bonds is 9. The average Bonchev–Trinajstić information content (AvgIpc) is 2.59. The van der Waals surface area contributed by atoms with Gasteiger partial charge >= 0.3 is 0 Å². The highest BCUT2D eigenvalue weighted by atomic mass is 14.1. The van der Waals surface area contributed by atoms with Gasteiger partial charge in [0.25, 0.3) is 0 Å². The minimum absolute atomic E-state index is 0.632. The molecule has 0 amide bonds. The van der Waals surface area contributed by atoms with Crippen LogP contribution in [0.25, 0.3) is 0 Å². The lowest BCUT2D eigenvalue weighted by Crippen LogP contribution is -1.98. The largest absolute Gasteiger partial charge is 0.0622 e. The van der Waals surface area contributed by atoms with Gasteiger partial charge in [-0.05, 0) is 42.2 Å². The van der Waals surface area contributed by atoms with Gasteiger partial charge in [-0.15, -0.1) is 0 Å². The lowest BCUT2D eigenvalue weighted by atomic mass is 9.90. The first-order valence-electron chi connectivity index (χ1n) is 8.70. The third-order valence-corrected chi connectivity index (χ3v) is 4.68. The fraction of sp³-hybridized carbons (Fsp3) is 0.409. The van der Waals surface area contributed by atoms with Crippen molar-refractivity contribution >= 4 is 0 Å². The van der Waals surface area contributed by atoms with E-state index in [-0.39, 0.29) is 0 Å². The zero-order chi connectivity index (χ0) is 15.6. The average molecular weight is 293 g/mol. The Morgan fingerprint density at radius 3 is 1.86 bits per heavy atom. The van der Waals surface area contributed by atoms with Crippen LogP contribution in [-0.2, 0) is 0 Å². The summed E-state index contributed by atoms with van der Waals surface area (Å²) in [6.45, 7) is 6.47. The third-order valence-electron chi connectivity index (χ3n) is 4.68. The summed E-state index contributed by atoms with van der Waals surface area (Å²) in [5, 5.41) is 0. The van der Waals surface area contributed by atoms with Gasteiger partial charge in [-0.1, -0.05) is 93.8 Å². The minimum atomic E-state index is 0.632.